The first-order valence-electron chi connectivity index (χ1n) is 4.50. The van der Waals surface area contributed by atoms with Crippen LogP contribution in [-0.2, 0) is 4.74 Å². The van der Waals surface area contributed by atoms with Crippen molar-refractivity contribution >= 4 is 0 Å². The molecule has 15 heavy (non-hydrogen) atoms. The predicted molar refractivity (Wildman–Crippen MR) is 36.8 cm³/mol. The highest BCUT2D eigenvalue weighted by atomic mass is 19.4. The third kappa shape index (κ3) is 1.43. The number of halogens is 6. The zero-order valence-corrected chi connectivity index (χ0v) is 7.45. The Balaban J connectivity index is 2.27. The van der Waals surface area contributed by atoms with E-state index in [1.807, 2.05) is 0 Å². The first-order valence-corrected chi connectivity index (χ1v) is 4.50. The number of fused-ring (bicyclic) bond motifs is 2. The van der Waals surface area contributed by atoms with Crippen molar-refractivity contribution in [2.45, 2.75) is 37.4 Å². The molecule has 0 saturated heterocycles. The van der Waals surface area contributed by atoms with E-state index in [2.05, 4.69) is 4.74 Å². The molecular weight excluding hydrogens is 226 g/mol. The van der Waals surface area contributed by atoms with Crippen molar-refractivity contribution in [2.24, 2.45) is 11.8 Å². The SMILES string of the molecule is FC(F)(F)OC1(F)C2CCC(C2)C1(F)F. The average Bonchev–Trinajstić information content (AvgIpc) is 2.52. The van der Waals surface area contributed by atoms with Crippen molar-refractivity contribution in [3.05, 3.63) is 0 Å². The lowest BCUT2D eigenvalue weighted by Gasteiger charge is -2.36. The summed E-state index contributed by atoms with van der Waals surface area (Å²) in [5.74, 6) is -10.6. The molecule has 1 nitrogen and oxygen atoms in total. The standard InChI is InChI=1S/C8H8F6O/c9-6(10)4-1-2-5(3-4)7(6,11)15-8(12,13)14/h4-5H,1-3H2. The minimum Gasteiger partial charge on any atom is -0.247 e. The third-order valence-corrected chi connectivity index (χ3v) is 3.19. The minimum atomic E-state index is -5.37. The van der Waals surface area contributed by atoms with E-state index < -0.39 is 30.0 Å². The van der Waals surface area contributed by atoms with E-state index in [0.29, 0.717) is 0 Å². The summed E-state index contributed by atoms with van der Waals surface area (Å²) in [5.41, 5.74) is 0. The normalized spacial score (nSPS) is 43.6. The lowest BCUT2D eigenvalue weighted by atomic mass is 9.91. The van der Waals surface area contributed by atoms with E-state index in [-0.39, 0.29) is 19.3 Å². The largest absolute Gasteiger partial charge is 0.525 e. The molecule has 0 aromatic carbocycles. The summed E-state index contributed by atoms with van der Waals surface area (Å²) in [5, 5.41) is 0. The molecule has 2 bridgehead atoms. The van der Waals surface area contributed by atoms with Crippen LogP contribution in [-0.4, -0.2) is 18.1 Å². The van der Waals surface area contributed by atoms with Crippen LogP contribution >= 0.6 is 0 Å². The molecule has 3 atom stereocenters. The van der Waals surface area contributed by atoms with Gasteiger partial charge in [0.05, 0.1) is 0 Å². The molecule has 0 amide bonds. The zero-order chi connectivity index (χ0) is 11.5. The number of ether oxygens (including phenoxy) is 1. The summed E-state index contributed by atoms with van der Waals surface area (Å²) in [6.07, 6.45) is -5.53. The Labute approximate surface area is 81.4 Å². The lowest BCUT2D eigenvalue weighted by molar-refractivity contribution is -0.437. The van der Waals surface area contributed by atoms with Gasteiger partial charge in [-0.05, 0) is 19.3 Å². The maximum absolute atomic E-state index is 13.6. The van der Waals surface area contributed by atoms with Gasteiger partial charge in [0.1, 0.15) is 0 Å². The molecule has 0 aromatic heterocycles. The predicted octanol–water partition coefficient (Wildman–Crippen LogP) is 3.25. The number of hydrogen-bond acceptors (Lipinski definition) is 1. The second-order valence-corrected chi connectivity index (χ2v) is 4.02. The van der Waals surface area contributed by atoms with Crippen LogP contribution < -0.4 is 0 Å². The summed E-state index contributed by atoms with van der Waals surface area (Å²) < 4.78 is 78.5. The average molecular weight is 234 g/mol. The van der Waals surface area contributed by atoms with Crippen LogP contribution in [0.1, 0.15) is 19.3 Å². The summed E-state index contributed by atoms with van der Waals surface area (Å²) in [6.45, 7) is 0. The van der Waals surface area contributed by atoms with Gasteiger partial charge in [0.15, 0.2) is 0 Å². The summed E-state index contributed by atoms with van der Waals surface area (Å²) in [4.78, 5) is 0. The molecule has 0 aromatic rings. The van der Waals surface area contributed by atoms with Crippen LogP contribution in [0.25, 0.3) is 0 Å². The quantitative estimate of drug-likeness (QED) is 0.633. The number of rotatable bonds is 1. The van der Waals surface area contributed by atoms with Crippen molar-refractivity contribution in [2.75, 3.05) is 0 Å². The number of hydrogen-bond donors (Lipinski definition) is 0. The zero-order valence-electron chi connectivity index (χ0n) is 7.45. The van der Waals surface area contributed by atoms with E-state index in [0.717, 1.165) is 0 Å². The van der Waals surface area contributed by atoms with Gasteiger partial charge in [-0.2, -0.15) is 8.78 Å². The van der Waals surface area contributed by atoms with Gasteiger partial charge >= 0.3 is 12.3 Å². The fraction of sp³-hybridized carbons (Fsp3) is 1.00. The van der Waals surface area contributed by atoms with E-state index in [9.17, 15) is 26.3 Å². The van der Waals surface area contributed by atoms with E-state index in [1.165, 1.54) is 0 Å². The van der Waals surface area contributed by atoms with E-state index >= 15 is 0 Å². The van der Waals surface area contributed by atoms with Gasteiger partial charge in [-0.15, -0.1) is 13.2 Å². The highest BCUT2D eigenvalue weighted by Crippen LogP contribution is 2.62. The maximum atomic E-state index is 13.6. The van der Waals surface area contributed by atoms with E-state index in [1.54, 1.807) is 0 Å². The number of alkyl halides is 6. The second-order valence-electron chi connectivity index (χ2n) is 4.02. The van der Waals surface area contributed by atoms with Crippen LogP contribution in [0.5, 0.6) is 0 Å². The van der Waals surface area contributed by atoms with Crippen LogP contribution in [0.2, 0.25) is 0 Å². The molecule has 2 saturated carbocycles. The van der Waals surface area contributed by atoms with Gasteiger partial charge in [-0.25, -0.2) is 9.13 Å². The van der Waals surface area contributed by atoms with Crippen molar-refractivity contribution in [3.8, 4) is 0 Å². The van der Waals surface area contributed by atoms with Crippen molar-refractivity contribution in [1.29, 1.82) is 0 Å². The van der Waals surface area contributed by atoms with Crippen LogP contribution in [0, 0.1) is 11.8 Å². The molecule has 0 heterocycles. The highest BCUT2D eigenvalue weighted by Gasteiger charge is 2.75. The van der Waals surface area contributed by atoms with Gasteiger partial charge in [-0.1, -0.05) is 0 Å². The monoisotopic (exact) mass is 234 g/mol. The Morgan fingerprint density at radius 2 is 1.53 bits per heavy atom. The summed E-state index contributed by atoms with van der Waals surface area (Å²) in [7, 11) is 0. The topological polar surface area (TPSA) is 9.23 Å². The molecule has 2 aliphatic carbocycles. The fourth-order valence-electron chi connectivity index (χ4n) is 2.52. The molecule has 0 radical (unpaired) electrons. The van der Waals surface area contributed by atoms with Gasteiger partial charge in [0.25, 0.3) is 5.85 Å². The molecule has 7 heteroatoms. The molecule has 88 valence electrons. The minimum absolute atomic E-state index is 0.0207. The summed E-state index contributed by atoms with van der Waals surface area (Å²) >= 11 is 0. The smallest absolute Gasteiger partial charge is 0.247 e. The molecule has 0 spiro atoms. The van der Waals surface area contributed by atoms with Gasteiger partial charge in [-0.3, -0.25) is 0 Å². The molecule has 3 unspecified atom stereocenters. The molecule has 0 aliphatic heterocycles. The highest BCUT2D eigenvalue weighted by molar-refractivity contribution is 5.08. The molecule has 2 fully saturated rings. The Bertz CT molecular complexity index is 275. The Morgan fingerprint density at radius 3 is 1.93 bits per heavy atom. The van der Waals surface area contributed by atoms with Crippen LogP contribution in [0.15, 0.2) is 0 Å². The van der Waals surface area contributed by atoms with Crippen molar-refractivity contribution in [1.82, 2.24) is 0 Å². The Hall–Kier alpha value is -0.460. The molecular formula is C8H8F6O. The van der Waals surface area contributed by atoms with Gasteiger partial charge in [0.2, 0.25) is 0 Å². The molecule has 2 aliphatic rings. The lowest BCUT2D eigenvalue weighted by Crippen LogP contribution is -2.53. The first kappa shape index (κ1) is 11.0. The first-order chi connectivity index (χ1) is 6.67. The van der Waals surface area contributed by atoms with Crippen molar-refractivity contribution in [3.63, 3.8) is 0 Å². The fourth-order valence-corrected chi connectivity index (χ4v) is 2.52. The Kier molecular flexibility index (Phi) is 2.07. The third-order valence-electron chi connectivity index (χ3n) is 3.19. The van der Waals surface area contributed by atoms with Gasteiger partial charge < -0.3 is 0 Å². The van der Waals surface area contributed by atoms with Gasteiger partial charge in [0, 0.05) is 11.8 Å². The van der Waals surface area contributed by atoms with Crippen LogP contribution in [0.3, 0.4) is 0 Å². The van der Waals surface area contributed by atoms with Crippen LogP contribution in [0.4, 0.5) is 26.3 Å². The van der Waals surface area contributed by atoms with Crippen molar-refractivity contribution < 1.29 is 31.1 Å². The molecule has 0 N–H and O–H groups in total. The Morgan fingerprint density at radius 1 is 1.00 bits per heavy atom. The van der Waals surface area contributed by atoms with E-state index in [4.69, 9.17) is 0 Å². The molecule has 2 rings (SSSR count). The summed E-state index contributed by atoms with van der Waals surface area (Å²) in [6, 6.07) is 0. The second kappa shape index (κ2) is 2.81. The maximum Gasteiger partial charge on any atom is 0.525 e.